The highest BCUT2D eigenvalue weighted by molar-refractivity contribution is 7.89. The summed E-state index contributed by atoms with van der Waals surface area (Å²) in [5.74, 6) is 0. The highest BCUT2D eigenvalue weighted by atomic mass is 32.2. The van der Waals surface area contributed by atoms with Gasteiger partial charge in [-0.25, -0.2) is 13.4 Å². The largest absolute Gasteiger partial charge is 0.330 e. The number of nitrogens with two attached hydrogens (primary N) is 1. The highest BCUT2D eigenvalue weighted by Crippen LogP contribution is 2.23. The SMILES string of the molecule is CCN(CC(C)(C)CN)S(=O)(=O)c1cccnc1C#N. The van der Waals surface area contributed by atoms with Crippen molar-refractivity contribution in [3.8, 4) is 6.07 Å². The quantitative estimate of drug-likeness (QED) is 0.842. The molecule has 2 N–H and O–H groups in total. The highest BCUT2D eigenvalue weighted by Gasteiger charge is 2.30. The third kappa shape index (κ3) is 3.54. The summed E-state index contributed by atoms with van der Waals surface area (Å²) in [6.45, 7) is 6.54. The van der Waals surface area contributed by atoms with E-state index in [1.807, 2.05) is 19.9 Å². The molecule has 0 amide bonds. The lowest BCUT2D eigenvalue weighted by Gasteiger charge is -2.30. The molecule has 0 bridgehead atoms. The molecule has 0 saturated carbocycles. The topological polar surface area (TPSA) is 100 Å². The lowest BCUT2D eigenvalue weighted by atomic mass is 9.94. The maximum Gasteiger partial charge on any atom is 0.245 e. The van der Waals surface area contributed by atoms with Gasteiger partial charge < -0.3 is 5.73 Å². The fourth-order valence-corrected chi connectivity index (χ4v) is 3.46. The minimum Gasteiger partial charge on any atom is -0.330 e. The molecule has 7 heteroatoms. The number of pyridine rings is 1. The molecule has 0 saturated heterocycles. The molecule has 0 aliphatic rings. The van der Waals surface area contributed by atoms with Crippen LogP contribution in [0, 0.1) is 16.7 Å². The minimum absolute atomic E-state index is 0.0582. The van der Waals surface area contributed by atoms with Crippen molar-refractivity contribution in [2.24, 2.45) is 11.1 Å². The molecule has 1 heterocycles. The first kappa shape index (κ1) is 16.6. The first-order valence-corrected chi connectivity index (χ1v) is 7.78. The maximum absolute atomic E-state index is 12.6. The van der Waals surface area contributed by atoms with Crippen molar-refractivity contribution in [2.45, 2.75) is 25.7 Å². The summed E-state index contributed by atoms with van der Waals surface area (Å²) in [5.41, 5.74) is 5.24. The molecule has 0 atom stereocenters. The van der Waals surface area contributed by atoms with Gasteiger partial charge in [-0.05, 0) is 24.1 Å². The summed E-state index contributed by atoms with van der Waals surface area (Å²) in [6, 6.07) is 4.73. The zero-order valence-corrected chi connectivity index (χ0v) is 12.8. The number of rotatable bonds is 6. The van der Waals surface area contributed by atoms with Crippen LogP contribution in [-0.4, -0.2) is 37.3 Å². The Kier molecular flexibility index (Phi) is 5.22. The number of nitrogens with zero attached hydrogens (tertiary/aromatic N) is 3. The molecule has 6 nitrogen and oxygen atoms in total. The van der Waals surface area contributed by atoms with E-state index < -0.39 is 10.0 Å². The Labute approximate surface area is 120 Å². The van der Waals surface area contributed by atoms with Gasteiger partial charge in [-0.2, -0.15) is 9.57 Å². The van der Waals surface area contributed by atoms with Crippen LogP contribution in [-0.2, 0) is 10.0 Å². The normalized spacial score (nSPS) is 12.4. The maximum atomic E-state index is 12.6. The average Bonchev–Trinajstić information content (AvgIpc) is 2.44. The molecule has 0 spiro atoms. The van der Waals surface area contributed by atoms with Crippen LogP contribution in [0.3, 0.4) is 0 Å². The third-order valence-electron chi connectivity index (χ3n) is 3.00. The Balaban J connectivity index is 3.23. The van der Waals surface area contributed by atoms with Gasteiger partial charge >= 0.3 is 0 Å². The van der Waals surface area contributed by atoms with Crippen molar-refractivity contribution < 1.29 is 8.42 Å². The Bertz CT molecular complexity index is 605. The summed E-state index contributed by atoms with van der Waals surface area (Å²) in [7, 11) is -3.74. The molecule has 0 fully saturated rings. The van der Waals surface area contributed by atoms with E-state index in [0.717, 1.165) is 0 Å². The lowest BCUT2D eigenvalue weighted by molar-refractivity contribution is 0.273. The average molecular weight is 296 g/mol. The van der Waals surface area contributed by atoms with Crippen molar-refractivity contribution in [2.75, 3.05) is 19.6 Å². The molecule has 1 rings (SSSR count). The van der Waals surface area contributed by atoms with Crippen molar-refractivity contribution in [3.63, 3.8) is 0 Å². The van der Waals surface area contributed by atoms with Gasteiger partial charge in [0.25, 0.3) is 0 Å². The van der Waals surface area contributed by atoms with Crippen molar-refractivity contribution in [1.29, 1.82) is 5.26 Å². The van der Waals surface area contributed by atoms with Gasteiger partial charge in [0.2, 0.25) is 10.0 Å². The number of hydrogen-bond acceptors (Lipinski definition) is 5. The molecule has 20 heavy (non-hydrogen) atoms. The van der Waals surface area contributed by atoms with Gasteiger partial charge in [0.05, 0.1) is 0 Å². The number of aromatic nitrogens is 1. The van der Waals surface area contributed by atoms with Crippen LogP contribution < -0.4 is 5.73 Å². The summed E-state index contributed by atoms with van der Waals surface area (Å²) in [5, 5.41) is 9.00. The van der Waals surface area contributed by atoms with E-state index in [0.29, 0.717) is 19.6 Å². The van der Waals surface area contributed by atoms with Crippen LogP contribution in [0.1, 0.15) is 26.5 Å². The Morgan fingerprint density at radius 3 is 2.65 bits per heavy atom. The second-order valence-corrected chi connectivity index (χ2v) is 7.17. The fraction of sp³-hybridized carbons (Fsp3) is 0.538. The Morgan fingerprint density at radius 1 is 1.50 bits per heavy atom. The molecule has 0 aromatic carbocycles. The second kappa shape index (κ2) is 6.31. The monoisotopic (exact) mass is 296 g/mol. The van der Waals surface area contributed by atoms with Crippen LogP contribution in [0.5, 0.6) is 0 Å². The van der Waals surface area contributed by atoms with Gasteiger partial charge in [-0.15, -0.1) is 0 Å². The summed E-state index contributed by atoms with van der Waals surface area (Å²) in [6.07, 6.45) is 1.40. The van der Waals surface area contributed by atoms with Crippen molar-refractivity contribution >= 4 is 10.0 Å². The first-order valence-electron chi connectivity index (χ1n) is 6.34. The minimum atomic E-state index is -3.74. The van der Waals surface area contributed by atoms with Gasteiger partial charge in [0.15, 0.2) is 5.69 Å². The second-order valence-electron chi connectivity index (χ2n) is 5.26. The summed E-state index contributed by atoms with van der Waals surface area (Å²) >= 11 is 0. The van der Waals surface area contributed by atoms with Gasteiger partial charge in [-0.3, -0.25) is 0 Å². The molecule has 1 aromatic rings. The fourth-order valence-electron chi connectivity index (χ4n) is 1.73. The van der Waals surface area contributed by atoms with Gasteiger partial charge in [-0.1, -0.05) is 20.8 Å². The van der Waals surface area contributed by atoms with E-state index in [-0.39, 0.29) is 16.0 Å². The van der Waals surface area contributed by atoms with E-state index in [9.17, 15) is 8.42 Å². The molecule has 1 aromatic heterocycles. The van der Waals surface area contributed by atoms with Crippen LogP contribution in [0.25, 0.3) is 0 Å². The molecule has 0 aliphatic carbocycles. The van der Waals surface area contributed by atoms with E-state index in [2.05, 4.69) is 4.98 Å². The number of sulfonamides is 1. The predicted octanol–water partition coefficient (Wildman–Crippen LogP) is 0.949. The summed E-state index contributed by atoms with van der Waals surface area (Å²) in [4.78, 5) is 3.75. The zero-order valence-electron chi connectivity index (χ0n) is 12.0. The molecule has 0 aliphatic heterocycles. The van der Waals surface area contributed by atoms with E-state index in [4.69, 9.17) is 11.0 Å². The zero-order chi connectivity index (χ0) is 15.4. The smallest absolute Gasteiger partial charge is 0.245 e. The summed E-state index contributed by atoms with van der Waals surface area (Å²) < 4.78 is 26.6. The molecule has 110 valence electrons. The number of nitriles is 1. The van der Waals surface area contributed by atoms with Gasteiger partial charge in [0, 0.05) is 19.3 Å². The van der Waals surface area contributed by atoms with E-state index in [1.54, 1.807) is 6.92 Å². The van der Waals surface area contributed by atoms with E-state index in [1.165, 1.54) is 22.6 Å². The Morgan fingerprint density at radius 2 is 2.15 bits per heavy atom. The molecular formula is C13H20N4O2S. The first-order chi connectivity index (χ1) is 9.28. The number of hydrogen-bond donors (Lipinski definition) is 1. The van der Waals surface area contributed by atoms with Crippen molar-refractivity contribution in [3.05, 3.63) is 24.0 Å². The molecular weight excluding hydrogens is 276 g/mol. The van der Waals surface area contributed by atoms with Crippen LogP contribution in [0.15, 0.2) is 23.2 Å². The van der Waals surface area contributed by atoms with Gasteiger partial charge in [0.1, 0.15) is 11.0 Å². The Hall–Kier alpha value is -1.49. The standard InChI is InChI=1S/C13H20N4O2S/c1-4-17(10-13(2,3)9-15)20(18,19)12-6-5-7-16-11(12)8-14/h5-7H,4,9-10,15H2,1-3H3. The lowest BCUT2D eigenvalue weighted by Crippen LogP contribution is -2.42. The van der Waals surface area contributed by atoms with E-state index >= 15 is 0 Å². The third-order valence-corrected chi connectivity index (χ3v) is 4.96. The predicted molar refractivity (Wildman–Crippen MR) is 76.2 cm³/mol. The van der Waals surface area contributed by atoms with Crippen molar-refractivity contribution in [1.82, 2.24) is 9.29 Å². The molecule has 0 unspecified atom stereocenters. The van der Waals surface area contributed by atoms with Crippen LogP contribution in [0.2, 0.25) is 0 Å². The molecule has 0 radical (unpaired) electrons. The van der Waals surface area contributed by atoms with Crippen LogP contribution >= 0.6 is 0 Å². The van der Waals surface area contributed by atoms with Crippen LogP contribution in [0.4, 0.5) is 0 Å².